The summed E-state index contributed by atoms with van der Waals surface area (Å²) in [5.41, 5.74) is 0.0776. The molecule has 1 aromatic rings. The lowest BCUT2D eigenvalue weighted by Gasteiger charge is -2.31. The number of likely N-dealkylation sites (N-methyl/N-ethyl adjacent to an activating group) is 1. The van der Waals surface area contributed by atoms with E-state index in [9.17, 15) is 4.79 Å². The molecular formula is C10H16N2O2. The molecule has 78 valence electrons. The summed E-state index contributed by atoms with van der Waals surface area (Å²) >= 11 is 0. The van der Waals surface area contributed by atoms with E-state index in [4.69, 9.17) is 5.11 Å². The molecule has 1 heterocycles. The largest absolute Gasteiger partial charge is 0.480 e. The Labute approximate surface area is 83.5 Å². The maximum Gasteiger partial charge on any atom is 0.324 e. The van der Waals surface area contributed by atoms with Gasteiger partial charge in [0.15, 0.2) is 0 Å². The van der Waals surface area contributed by atoms with E-state index in [1.807, 2.05) is 12.1 Å². The molecule has 4 heteroatoms. The quantitative estimate of drug-likeness (QED) is 0.754. The van der Waals surface area contributed by atoms with Crippen molar-refractivity contribution in [3.8, 4) is 0 Å². The first kappa shape index (κ1) is 10.8. The lowest BCUT2D eigenvalue weighted by Crippen LogP contribution is -2.50. The molecule has 2 N–H and O–H groups in total. The van der Waals surface area contributed by atoms with E-state index < -0.39 is 11.5 Å². The third-order valence-corrected chi connectivity index (χ3v) is 2.64. The van der Waals surface area contributed by atoms with E-state index in [1.165, 1.54) is 0 Å². The zero-order chi connectivity index (χ0) is 10.8. The van der Waals surface area contributed by atoms with Crippen LogP contribution in [-0.2, 0) is 11.2 Å². The van der Waals surface area contributed by atoms with Crippen LogP contribution in [0.3, 0.4) is 0 Å². The van der Waals surface area contributed by atoms with Crippen LogP contribution in [0, 0.1) is 0 Å². The van der Waals surface area contributed by atoms with E-state index >= 15 is 0 Å². The van der Waals surface area contributed by atoms with Crippen molar-refractivity contribution in [1.82, 2.24) is 9.88 Å². The number of carboxylic acids is 1. The molecule has 0 spiro atoms. The van der Waals surface area contributed by atoms with Gasteiger partial charge in [-0.25, -0.2) is 0 Å². The summed E-state index contributed by atoms with van der Waals surface area (Å²) in [5.74, 6) is -0.808. The predicted octanol–water partition coefficient (Wildman–Crippen LogP) is 0.962. The topological polar surface area (TPSA) is 56.3 Å². The third-order valence-electron chi connectivity index (χ3n) is 2.64. The first-order valence-electron chi connectivity index (χ1n) is 4.50. The number of H-pyrrole nitrogens is 1. The molecule has 0 saturated heterocycles. The molecule has 0 radical (unpaired) electrons. The van der Waals surface area contributed by atoms with Crippen molar-refractivity contribution in [2.24, 2.45) is 0 Å². The predicted molar refractivity (Wildman–Crippen MR) is 54.2 cm³/mol. The molecule has 0 aliphatic carbocycles. The lowest BCUT2D eigenvalue weighted by atomic mass is 9.95. The first-order valence-corrected chi connectivity index (χ1v) is 4.50. The van der Waals surface area contributed by atoms with Gasteiger partial charge in [0, 0.05) is 18.3 Å². The van der Waals surface area contributed by atoms with Crippen molar-refractivity contribution >= 4 is 5.97 Å². The Hall–Kier alpha value is -1.29. The SMILES string of the molecule is CN(C)C(C)(Cc1ccc[nH]1)C(=O)O. The molecule has 0 saturated carbocycles. The minimum absolute atomic E-state index is 0.475. The number of aromatic amines is 1. The average molecular weight is 196 g/mol. The van der Waals surface area contributed by atoms with Gasteiger partial charge in [-0.1, -0.05) is 0 Å². The number of nitrogens with zero attached hydrogens (tertiary/aromatic N) is 1. The summed E-state index contributed by atoms with van der Waals surface area (Å²) in [7, 11) is 3.55. The molecule has 0 aliphatic rings. The monoisotopic (exact) mass is 196 g/mol. The molecule has 0 amide bonds. The van der Waals surface area contributed by atoms with Crippen molar-refractivity contribution < 1.29 is 9.90 Å². The third kappa shape index (κ3) is 1.96. The Bertz CT molecular complexity index is 306. The second-order valence-electron chi connectivity index (χ2n) is 3.85. The van der Waals surface area contributed by atoms with Crippen LogP contribution in [0.1, 0.15) is 12.6 Å². The van der Waals surface area contributed by atoms with Gasteiger partial charge in [-0.15, -0.1) is 0 Å². The van der Waals surface area contributed by atoms with Gasteiger partial charge in [0.1, 0.15) is 5.54 Å². The molecule has 0 fully saturated rings. The van der Waals surface area contributed by atoms with Crippen LogP contribution in [0.2, 0.25) is 0 Å². The average Bonchev–Trinajstić information content (AvgIpc) is 2.55. The van der Waals surface area contributed by atoms with Crippen molar-refractivity contribution in [3.63, 3.8) is 0 Å². The van der Waals surface area contributed by atoms with Crippen molar-refractivity contribution in [2.75, 3.05) is 14.1 Å². The number of rotatable bonds is 4. The summed E-state index contributed by atoms with van der Waals surface area (Å²) in [5, 5.41) is 9.15. The zero-order valence-corrected chi connectivity index (χ0v) is 8.74. The molecular weight excluding hydrogens is 180 g/mol. The van der Waals surface area contributed by atoms with Gasteiger partial charge >= 0.3 is 5.97 Å². The second-order valence-corrected chi connectivity index (χ2v) is 3.85. The second kappa shape index (κ2) is 3.84. The van der Waals surface area contributed by atoms with Crippen LogP contribution in [0.4, 0.5) is 0 Å². The van der Waals surface area contributed by atoms with E-state index in [0.717, 1.165) is 5.69 Å². The van der Waals surface area contributed by atoms with Crippen molar-refractivity contribution in [2.45, 2.75) is 18.9 Å². The Morgan fingerprint density at radius 1 is 1.64 bits per heavy atom. The van der Waals surface area contributed by atoms with E-state index in [0.29, 0.717) is 6.42 Å². The molecule has 1 aromatic heterocycles. The van der Waals surface area contributed by atoms with E-state index in [1.54, 1.807) is 32.1 Å². The number of aliphatic carboxylic acids is 1. The van der Waals surface area contributed by atoms with Crippen LogP contribution in [0.15, 0.2) is 18.3 Å². The maximum absolute atomic E-state index is 11.1. The zero-order valence-electron chi connectivity index (χ0n) is 8.74. The standard InChI is InChI=1S/C10H16N2O2/c1-10(9(13)14,12(2)3)7-8-5-4-6-11-8/h4-6,11H,7H2,1-3H3,(H,13,14). The highest BCUT2D eigenvalue weighted by molar-refractivity contribution is 5.78. The summed E-state index contributed by atoms with van der Waals surface area (Å²) in [4.78, 5) is 15.9. The normalized spacial score (nSPS) is 15.4. The Kier molecular flexibility index (Phi) is 2.96. The lowest BCUT2D eigenvalue weighted by molar-refractivity contribution is -0.148. The smallest absolute Gasteiger partial charge is 0.324 e. The molecule has 0 aliphatic heterocycles. The highest BCUT2D eigenvalue weighted by Gasteiger charge is 2.35. The first-order chi connectivity index (χ1) is 6.47. The van der Waals surface area contributed by atoms with Gasteiger partial charge in [-0.05, 0) is 33.2 Å². The number of hydrogen-bond donors (Lipinski definition) is 2. The number of carbonyl (C=O) groups is 1. The summed E-state index contributed by atoms with van der Waals surface area (Å²) in [6.07, 6.45) is 2.27. The van der Waals surface area contributed by atoms with Gasteiger partial charge < -0.3 is 10.1 Å². The molecule has 1 rings (SSSR count). The fraction of sp³-hybridized carbons (Fsp3) is 0.500. The molecule has 0 aromatic carbocycles. The Morgan fingerprint density at radius 3 is 2.64 bits per heavy atom. The molecule has 14 heavy (non-hydrogen) atoms. The fourth-order valence-corrected chi connectivity index (χ4v) is 1.27. The summed E-state index contributed by atoms with van der Waals surface area (Å²) < 4.78 is 0. The number of hydrogen-bond acceptors (Lipinski definition) is 2. The van der Waals surface area contributed by atoms with Crippen LogP contribution >= 0.6 is 0 Å². The summed E-state index contributed by atoms with van der Waals surface area (Å²) in [6, 6.07) is 3.76. The Morgan fingerprint density at radius 2 is 2.29 bits per heavy atom. The van der Waals surface area contributed by atoms with E-state index in [2.05, 4.69) is 4.98 Å². The highest BCUT2D eigenvalue weighted by atomic mass is 16.4. The number of nitrogens with one attached hydrogen (secondary N) is 1. The van der Waals surface area contributed by atoms with Crippen LogP contribution in [0.25, 0.3) is 0 Å². The molecule has 1 unspecified atom stereocenters. The molecule has 0 bridgehead atoms. The van der Waals surface area contributed by atoms with Crippen molar-refractivity contribution in [1.29, 1.82) is 0 Å². The number of carboxylic acid groups (broad SMARTS) is 1. The molecule has 4 nitrogen and oxygen atoms in total. The van der Waals surface area contributed by atoms with Gasteiger partial charge in [-0.3, -0.25) is 9.69 Å². The fourth-order valence-electron chi connectivity index (χ4n) is 1.27. The van der Waals surface area contributed by atoms with E-state index in [-0.39, 0.29) is 0 Å². The molecule has 1 atom stereocenters. The van der Waals surface area contributed by atoms with Crippen LogP contribution in [0.5, 0.6) is 0 Å². The van der Waals surface area contributed by atoms with Gasteiger partial charge in [0.2, 0.25) is 0 Å². The van der Waals surface area contributed by atoms with Crippen molar-refractivity contribution in [3.05, 3.63) is 24.0 Å². The van der Waals surface area contributed by atoms with Gasteiger partial charge in [-0.2, -0.15) is 0 Å². The highest BCUT2D eigenvalue weighted by Crippen LogP contribution is 2.17. The minimum atomic E-state index is -0.856. The number of aromatic nitrogens is 1. The summed E-state index contributed by atoms with van der Waals surface area (Å²) in [6.45, 7) is 1.72. The minimum Gasteiger partial charge on any atom is -0.480 e. The van der Waals surface area contributed by atoms with Crippen LogP contribution in [-0.4, -0.2) is 40.6 Å². The maximum atomic E-state index is 11.1. The van der Waals surface area contributed by atoms with Gasteiger partial charge in [0.25, 0.3) is 0 Å². The Balaban J connectivity index is 2.85. The van der Waals surface area contributed by atoms with Crippen LogP contribution < -0.4 is 0 Å². The van der Waals surface area contributed by atoms with Gasteiger partial charge in [0.05, 0.1) is 0 Å².